The minimum atomic E-state index is -4.54. The van der Waals surface area contributed by atoms with Gasteiger partial charge in [0.2, 0.25) is 17.7 Å². The molecule has 0 aromatic heterocycles. The molecule has 1 aromatic rings. The Hall–Kier alpha value is -2.95. The lowest BCUT2D eigenvalue weighted by Crippen LogP contribution is -2.55. The molecule has 0 unspecified atom stereocenters. The first-order valence-electron chi connectivity index (χ1n) is 11.8. The van der Waals surface area contributed by atoms with Crippen LogP contribution in [-0.2, 0) is 30.3 Å². The van der Waals surface area contributed by atoms with Crippen molar-refractivity contribution >= 4 is 31.4 Å². The van der Waals surface area contributed by atoms with Crippen LogP contribution in [0.3, 0.4) is 0 Å². The number of carbonyl (C=O) groups is 4. The minimum Gasteiger partial charge on any atom is -0.445 e. The molecular formula is C23H37N4O8P. The van der Waals surface area contributed by atoms with Crippen LogP contribution in [0.5, 0.6) is 0 Å². The SMILES string of the molecule is CCC[C@H](NC(=O)CN(C)C(=O)OCc1ccccc1)C(=O)N[C@@H](CCC)C(=O)N[C@@H](C)P(=O)(O)O. The number of rotatable bonds is 14. The lowest BCUT2D eigenvalue weighted by molar-refractivity contribution is -0.132. The molecule has 0 saturated carbocycles. The van der Waals surface area contributed by atoms with E-state index >= 15 is 0 Å². The van der Waals surface area contributed by atoms with Crippen molar-refractivity contribution in [1.82, 2.24) is 20.9 Å². The third kappa shape index (κ3) is 11.2. The molecule has 0 aliphatic carbocycles. The molecule has 0 radical (unpaired) electrons. The number of carbonyl (C=O) groups excluding carboxylic acids is 4. The van der Waals surface area contributed by atoms with Gasteiger partial charge in [-0.1, -0.05) is 57.0 Å². The second-order valence-electron chi connectivity index (χ2n) is 8.43. The van der Waals surface area contributed by atoms with Crippen LogP contribution >= 0.6 is 7.60 Å². The maximum atomic E-state index is 12.9. The Morgan fingerprint density at radius 2 is 1.47 bits per heavy atom. The van der Waals surface area contributed by atoms with Gasteiger partial charge in [-0.3, -0.25) is 18.9 Å². The standard InChI is InChI=1S/C23H37N4O8P/c1-5-10-18(22(30)26-19(11-6-2)21(29)24-16(3)36(32,33)34)25-20(28)14-27(4)23(31)35-15-17-12-8-7-9-13-17/h7-9,12-13,16,18-19H,5-6,10-11,14-15H2,1-4H3,(H,24,29)(H,25,28)(H,26,30)(H2,32,33,34)/t16-,18+,19+/m1/s1. The van der Waals surface area contributed by atoms with Crippen molar-refractivity contribution in [3.8, 4) is 0 Å². The third-order valence-corrected chi connectivity index (χ3v) is 6.33. The highest BCUT2D eigenvalue weighted by molar-refractivity contribution is 7.52. The average Bonchev–Trinajstić information content (AvgIpc) is 2.81. The number of ether oxygens (including phenoxy) is 1. The maximum absolute atomic E-state index is 12.9. The summed E-state index contributed by atoms with van der Waals surface area (Å²) in [6.07, 6.45) is 0.869. The molecule has 0 saturated heterocycles. The maximum Gasteiger partial charge on any atom is 0.410 e. The molecule has 13 heteroatoms. The Morgan fingerprint density at radius 1 is 0.944 bits per heavy atom. The summed E-state index contributed by atoms with van der Waals surface area (Å²) in [6.45, 7) is 4.48. The van der Waals surface area contributed by atoms with Crippen molar-refractivity contribution in [2.45, 2.75) is 70.9 Å². The molecule has 3 atom stereocenters. The largest absolute Gasteiger partial charge is 0.445 e. The molecule has 12 nitrogen and oxygen atoms in total. The van der Waals surface area contributed by atoms with Gasteiger partial charge in [-0.05, 0) is 25.3 Å². The number of nitrogens with one attached hydrogen (secondary N) is 3. The highest BCUT2D eigenvalue weighted by Gasteiger charge is 2.31. The Balaban J connectivity index is 2.70. The summed E-state index contributed by atoms with van der Waals surface area (Å²) >= 11 is 0. The van der Waals surface area contributed by atoms with Gasteiger partial charge >= 0.3 is 13.7 Å². The average molecular weight is 529 g/mol. The number of hydrogen-bond donors (Lipinski definition) is 5. The van der Waals surface area contributed by atoms with E-state index in [1.165, 1.54) is 14.0 Å². The summed E-state index contributed by atoms with van der Waals surface area (Å²) in [6, 6.07) is 7.05. The monoisotopic (exact) mass is 528 g/mol. The van der Waals surface area contributed by atoms with Crippen LogP contribution in [0.2, 0.25) is 0 Å². The zero-order chi connectivity index (χ0) is 27.3. The molecular weight excluding hydrogens is 491 g/mol. The molecule has 4 amide bonds. The van der Waals surface area contributed by atoms with Crippen LogP contribution < -0.4 is 16.0 Å². The lowest BCUT2D eigenvalue weighted by atomic mass is 10.1. The Labute approximate surface area is 211 Å². The van der Waals surface area contributed by atoms with Crippen molar-refractivity contribution in [2.75, 3.05) is 13.6 Å². The van der Waals surface area contributed by atoms with Gasteiger partial charge in [0.05, 0.1) is 0 Å². The number of benzene rings is 1. The van der Waals surface area contributed by atoms with E-state index in [0.29, 0.717) is 12.8 Å². The van der Waals surface area contributed by atoms with Gasteiger partial charge in [0, 0.05) is 7.05 Å². The van der Waals surface area contributed by atoms with Crippen molar-refractivity contribution in [3.63, 3.8) is 0 Å². The molecule has 36 heavy (non-hydrogen) atoms. The first kappa shape index (κ1) is 31.1. The number of nitrogens with zero attached hydrogens (tertiary/aromatic N) is 1. The van der Waals surface area contributed by atoms with E-state index in [1.807, 2.05) is 25.1 Å². The van der Waals surface area contributed by atoms with E-state index in [2.05, 4.69) is 16.0 Å². The second-order valence-corrected chi connectivity index (χ2v) is 10.4. The molecule has 5 N–H and O–H groups in total. The van der Waals surface area contributed by atoms with Crippen molar-refractivity contribution in [3.05, 3.63) is 35.9 Å². The Bertz CT molecular complexity index is 924. The molecule has 202 valence electrons. The lowest BCUT2D eigenvalue weighted by Gasteiger charge is -2.25. The highest BCUT2D eigenvalue weighted by atomic mass is 31.2. The summed E-state index contributed by atoms with van der Waals surface area (Å²) in [5.74, 6) is -3.35. The first-order valence-corrected chi connectivity index (χ1v) is 13.4. The van der Waals surface area contributed by atoms with Gasteiger partial charge in [0.1, 0.15) is 31.0 Å². The summed E-state index contributed by atoms with van der Waals surface area (Å²) in [5.41, 5.74) is 0.796. The van der Waals surface area contributed by atoms with Gasteiger partial charge in [-0.2, -0.15) is 0 Å². The van der Waals surface area contributed by atoms with Crippen LogP contribution in [0.25, 0.3) is 0 Å². The Morgan fingerprint density at radius 3 is 2.00 bits per heavy atom. The van der Waals surface area contributed by atoms with Gasteiger partial charge < -0.3 is 35.4 Å². The van der Waals surface area contributed by atoms with E-state index in [9.17, 15) is 33.5 Å². The Kier molecular flexibility index (Phi) is 13.1. The third-order valence-electron chi connectivity index (χ3n) is 5.19. The normalized spacial score (nSPS) is 13.6. The molecule has 0 spiro atoms. The predicted octanol–water partition coefficient (Wildman–Crippen LogP) is 1.46. The summed E-state index contributed by atoms with van der Waals surface area (Å²) in [5, 5.41) is 7.35. The molecule has 0 bridgehead atoms. The van der Waals surface area contributed by atoms with Crippen LogP contribution in [-0.4, -0.2) is 70.0 Å². The van der Waals surface area contributed by atoms with Crippen molar-refractivity contribution < 1.29 is 38.3 Å². The molecule has 0 heterocycles. The van der Waals surface area contributed by atoms with Crippen LogP contribution in [0.15, 0.2) is 30.3 Å². The molecule has 1 aromatic carbocycles. The quantitative estimate of drug-likeness (QED) is 0.226. The summed E-state index contributed by atoms with van der Waals surface area (Å²) in [7, 11) is -3.15. The molecule has 0 aliphatic rings. The predicted molar refractivity (Wildman–Crippen MR) is 133 cm³/mol. The van der Waals surface area contributed by atoms with Crippen LogP contribution in [0.4, 0.5) is 4.79 Å². The molecule has 1 rings (SSSR count). The van der Waals surface area contributed by atoms with E-state index in [-0.39, 0.29) is 26.0 Å². The number of amides is 4. The first-order chi connectivity index (χ1) is 16.9. The smallest absolute Gasteiger partial charge is 0.410 e. The number of hydrogen-bond acceptors (Lipinski definition) is 6. The van der Waals surface area contributed by atoms with E-state index in [4.69, 9.17) is 4.74 Å². The van der Waals surface area contributed by atoms with Crippen LogP contribution in [0, 0.1) is 0 Å². The highest BCUT2D eigenvalue weighted by Crippen LogP contribution is 2.39. The molecule has 0 aliphatic heterocycles. The number of likely N-dealkylation sites (N-methyl/N-ethyl adjacent to an activating group) is 1. The zero-order valence-electron chi connectivity index (χ0n) is 21.1. The van der Waals surface area contributed by atoms with E-state index in [1.54, 1.807) is 19.1 Å². The topological polar surface area (TPSA) is 174 Å². The minimum absolute atomic E-state index is 0.0496. The second kappa shape index (κ2) is 15.2. The van der Waals surface area contributed by atoms with E-state index in [0.717, 1.165) is 10.5 Å². The van der Waals surface area contributed by atoms with E-state index < -0.39 is 49.3 Å². The summed E-state index contributed by atoms with van der Waals surface area (Å²) in [4.78, 5) is 69.6. The fourth-order valence-corrected chi connectivity index (χ4v) is 3.42. The molecule has 0 fully saturated rings. The van der Waals surface area contributed by atoms with Crippen LogP contribution in [0.1, 0.15) is 52.0 Å². The van der Waals surface area contributed by atoms with Gasteiger partial charge in [0.15, 0.2) is 0 Å². The zero-order valence-corrected chi connectivity index (χ0v) is 22.0. The summed E-state index contributed by atoms with van der Waals surface area (Å²) < 4.78 is 16.5. The van der Waals surface area contributed by atoms with Crippen molar-refractivity contribution in [1.29, 1.82) is 0 Å². The fourth-order valence-electron chi connectivity index (χ4n) is 3.13. The fraction of sp³-hybridized carbons (Fsp3) is 0.565. The van der Waals surface area contributed by atoms with Crippen molar-refractivity contribution in [2.24, 2.45) is 0 Å². The van der Waals surface area contributed by atoms with Gasteiger partial charge in [-0.15, -0.1) is 0 Å². The van der Waals surface area contributed by atoms with Gasteiger partial charge in [0.25, 0.3) is 0 Å². The van der Waals surface area contributed by atoms with Gasteiger partial charge in [-0.25, -0.2) is 4.79 Å².